The molecule has 0 saturated carbocycles. The van der Waals surface area contributed by atoms with Crippen molar-refractivity contribution in [2.75, 3.05) is 0 Å². The first-order valence-electron chi connectivity index (χ1n) is 8.69. The van der Waals surface area contributed by atoms with E-state index in [9.17, 15) is 15.0 Å². The van der Waals surface area contributed by atoms with Crippen LogP contribution in [-0.2, 0) is 4.79 Å². The number of carboxylic acid groups (broad SMARTS) is 1. The molecule has 0 aromatic heterocycles. The maximum atomic E-state index is 10.2. The fourth-order valence-corrected chi connectivity index (χ4v) is 2.36. The fraction of sp³-hybridized carbons (Fsp3) is 0.833. The molecule has 0 saturated heterocycles. The maximum Gasteiger partial charge on any atom is 0.0574 e. The van der Waals surface area contributed by atoms with Crippen LogP contribution < -0.4 is 5.11 Å². The van der Waals surface area contributed by atoms with E-state index in [2.05, 4.69) is 19.1 Å². The van der Waals surface area contributed by atoms with Crippen LogP contribution in [0.4, 0.5) is 0 Å². The summed E-state index contributed by atoms with van der Waals surface area (Å²) in [7, 11) is 0. The molecule has 0 spiro atoms. The lowest BCUT2D eigenvalue weighted by Gasteiger charge is -2.07. The van der Waals surface area contributed by atoms with Gasteiger partial charge in [0, 0.05) is 5.97 Å². The summed E-state index contributed by atoms with van der Waals surface area (Å²) in [5.74, 6) is -0.944. The molecule has 21 heavy (non-hydrogen) atoms. The molecule has 0 amide bonds. The Kier molecular flexibility index (Phi) is 14.9. The quantitative estimate of drug-likeness (QED) is 0.370. The van der Waals surface area contributed by atoms with Crippen molar-refractivity contribution in [1.29, 1.82) is 0 Å². The highest BCUT2D eigenvalue weighted by molar-refractivity contribution is 5.63. The van der Waals surface area contributed by atoms with Gasteiger partial charge in [-0.3, -0.25) is 0 Å². The Balaban J connectivity index is 3.26. The second-order valence-corrected chi connectivity index (χ2v) is 5.89. The van der Waals surface area contributed by atoms with Crippen LogP contribution in [0.25, 0.3) is 0 Å². The molecule has 1 atom stereocenters. The Hall–Kier alpha value is -0.830. The Labute approximate surface area is 130 Å². The van der Waals surface area contributed by atoms with E-state index in [1.54, 1.807) is 0 Å². The average molecular weight is 297 g/mol. The minimum Gasteiger partial charge on any atom is -0.550 e. The molecule has 3 nitrogen and oxygen atoms in total. The van der Waals surface area contributed by atoms with Crippen LogP contribution in [-0.4, -0.2) is 17.2 Å². The molecule has 0 aromatic carbocycles. The first-order valence-corrected chi connectivity index (χ1v) is 8.69. The Morgan fingerprint density at radius 1 is 1.00 bits per heavy atom. The number of unbranched alkanes of at least 4 members (excludes halogenated alkanes) is 8. The van der Waals surface area contributed by atoms with E-state index in [0.29, 0.717) is 0 Å². The summed E-state index contributed by atoms with van der Waals surface area (Å²) >= 11 is 0. The molecule has 3 heteroatoms. The van der Waals surface area contributed by atoms with Gasteiger partial charge in [-0.2, -0.15) is 0 Å². The van der Waals surface area contributed by atoms with Crippen LogP contribution in [0.2, 0.25) is 0 Å². The van der Waals surface area contributed by atoms with Crippen LogP contribution >= 0.6 is 0 Å². The lowest BCUT2D eigenvalue weighted by Crippen LogP contribution is -2.21. The van der Waals surface area contributed by atoms with E-state index in [1.165, 1.54) is 19.3 Å². The zero-order valence-corrected chi connectivity index (χ0v) is 13.7. The van der Waals surface area contributed by atoms with Crippen LogP contribution in [0.3, 0.4) is 0 Å². The van der Waals surface area contributed by atoms with Crippen molar-refractivity contribution in [3.8, 4) is 0 Å². The number of carbonyl (C=O) groups is 1. The molecule has 1 unspecified atom stereocenters. The van der Waals surface area contributed by atoms with Gasteiger partial charge < -0.3 is 15.0 Å². The van der Waals surface area contributed by atoms with Crippen LogP contribution in [0, 0.1) is 0 Å². The van der Waals surface area contributed by atoms with Gasteiger partial charge in [-0.1, -0.05) is 64.0 Å². The summed E-state index contributed by atoms with van der Waals surface area (Å²) in [6, 6.07) is 0. The maximum absolute atomic E-state index is 10.2. The largest absolute Gasteiger partial charge is 0.550 e. The third-order valence-corrected chi connectivity index (χ3v) is 3.72. The fourth-order valence-electron chi connectivity index (χ4n) is 2.36. The number of aliphatic carboxylic acids is 1. The SMILES string of the molecule is CCCCC/C=C\CC(O)CCCCCCCCC(=O)[O-]. The summed E-state index contributed by atoms with van der Waals surface area (Å²) in [6.45, 7) is 2.21. The van der Waals surface area contributed by atoms with Crippen LogP contribution in [0.5, 0.6) is 0 Å². The molecule has 1 N–H and O–H groups in total. The lowest BCUT2D eigenvalue weighted by atomic mass is 10.0. The van der Waals surface area contributed by atoms with Gasteiger partial charge >= 0.3 is 0 Å². The second-order valence-electron chi connectivity index (χ2n) is 5.89. The monoisotopic (exact) mass is 297 g/mol. The van der Waals surface area contributed by atoms with Crippen molar-refractivity contribution in [2.45, 2.75) is 96.5 Å². The number of allylic oxidation sites excluding steroid dienone is 1. The predicted molar refractivity (Wildman–Crippen MR) is 85.8 cm³/mol. The van der Waals surface area contributed by atoms with Crippen molar-refractivity contribution in [2.24, 2.45) is 0 Å². The van der Waals surface area contributed by atoms with Crippen LogP contribution in [0.15, 0.2) is 12.2 Å². The molecule has 0 heterocycles. The van der Waals surface area contributed by atoms with E-state index in [0.717, 1.165) is 57.8 Å². The summed E-state index contributed by atoms with van der Waals surface area (Å²) in [4.78, 5) is 10.2. The smallest absolute Gasteiger partial charge is 0.0574 e. The van der Waals surface area contributed by atoms with Crippen molar-refractivity contribution >= 4 is 5.97 Å². The number of aliphatic hydroxyl groups excluding tert-OH is 1. The lowest BCUT2D eigenvalue weighted by molar-refractivity contribution is -0.305. The molecule has 0 aromatic rings. The number of carboxylic acids is 1. The summed E-state index contributed by atoms with van der Waals surface area (Å²) < 4.78 is 0. The first kappa shape index (κ1) is 20.2. The number of hydrogen-bond acceptors (Lipinski definition) is 3. The van der Waals surface area contributed by atoms with Gasteiger partial charge in [0.25, 0.3) is 0 Å². The van der Waals surface area contributed by atoms with Crippen molar-refractivity contribution in [3.63, 3.8) is 0 Å². The second kappa shape index (κ2) is 15.6. The first-order chi connectivity index (χ1) is 10.2. The molecule has 0 aliphatic heterocycles. The molecule has 0 rings (SSSR count). The highest BCUT2D eigenvalue weighted by atomic mass is 16.4. The molecule has 0 radical (unpaired) electrons. The molecule has 0 fully saturated rings. The Bertz CT molecular complexity index is 261. The number of rotatable bonds is 15. The Morgan fingerprint density at radius 3 is 2.33 bits per heavy atom. The van der Waals surface area contributed by atoms with Gasteiger partial charge in [-0.15, -0.1) is 0 Å². The normalized spacial score (nSPS) is 12.9. The molecule has 0 aliphatic rings. The van der Waals surface area contributed by atoms with Gasteiger partial charge in [0.15, 0.2) is 0 Å². The van der Waals surface area contributed by atoms with Crippen molar-refractivity contribution in [3.05, 3.63) is 12.2 Å². The standard InChI is InChI=1S/C18H34O3/c1-2-3-4-5-8-11-14-17(19)15-12-9-6-7-10-13-16-18(20)21/h8,11,17,19H,2-7,9-10,12-16H2,1H3,(H,20,21)/p-1/b11-8-. The summed E-state index contributed by atoms with van der Waals surface area (Å²) in [5, 5.41) is 20.1. The van der Waals surface area contributed by atoms with E-state index in [1.807, 2.05) is 0 Å². The van der Waals surface area contributed by atoms with Gasteiger partial charge in [0.2, 0.25) is 0 Å². The van der Waals surface area contributed by atoms with Crippen LogP contribution in [0.1, 0.15) is 90.4 Å². The van der Waals surface area contributed by atoms with Crippen molar-refractivity contribution < 1.29 is 15.0 Å². The Morgan fingerprint density at radius 2 is 1.67 bits per heavy atom. The average Bonchev–Trinajstić information content (AvgIpc) is 2.45. The summed E-state index contributed by atoms with van der Waals surface area (Å²) in [5.41, 5.74) is 0. The minimum atomic E-state index is -0.944. The third kappa shape index (κ3) is 17.1. The molecule has 0 aliphatic carbocycles. The number of carbonyl (C=O) groups excluding carboxylic acids is 1. The molecule has 0 bridgehead atoms. The van der Waals surface area contributed by atoms with E-state index >= 15 is 0 Å². The van der Waals surface area contributed by atoms with Crippen molar-refractivity contribution in [1.82, 2.24) is 0 Å². The minimum absolute atomic E-state index is 0.184. The molecular weight excluding hydrogens is 264 g/mol. The van der Waals surface area contributed by atoms with Gasteiger partial charge in [0.05, 0.1) is 6.10 Å². The van der Waals surface area contributed by atoms with E-state index < -0.39 is 5.97 Å². The van der Waals surface area contributed by atoms with Gasteiger partial charge in [-0.25, -0.2) is 0 Å². The summed E-state index contributed by atoms with van der Waals surface area (Å²) in [6.07, 6.45) is 17.0. The molecular formula is C18H33O3-. The number of hydrogen-bond donors (Lipinski definition) is 1. The number of aliphatic hydroxyl groups is 1. The molecule has 124 valence electrons. The zero-order chi connectivity index (χ0) is 15.8. The van der Waals surface area contributed by atoms with Gasteiger partial charge in [-0.05, 0) is 38.5 Å². The van der Waals surface area contributed by atoms with Gasteiger partial charge in [0.1, 0.15) is 0 Å². The van der Waals surface area contributed by atoms with E-state index in [4.69, 9.17) is 0 Å². The highest BCUT2D eigenvalue weighted by Crippen LogP contribution is 2.11. The topological polar surface area (TPSA) is 60.4 Å². The third-order valence-electron chi connectivity index (χ3n) is 3.72. The predicted octanol–water partition coefficient (Wildman–Crippen LogP) is 3.74. The van der Waals surface area contributed by atoms with E-state index in [-0.39, 0.29) is 12.5 Å². The highest BCUT2D eigenvalue weighted by Gasteiger charge is 2.01. The zero-order valence-electron chi connectivity index (χ0n) is 13.7.